The van der Waals surface area contributed by atoms with Crippen molar-refractivity contribution in [2.24, 2.45) is 5.73 Å². The molecular formula is C12H17N3O. The molecule has 0 unspecified atom stereocenters. The zero-order valence-electron chi connectivity index (χ0n) is 9.42. The van der Waals surface area contributed by atoms with Crippen molar-refractivity contribution in [3.05, 3.63) is 23.8 Å². The first-order chi connectivity index (χ1) is 7.52. The van der Waals surface area contributed by atoms with Crippen molar-refractivity contribution in [1.29, 1.82) is 0 Å². The summed E-state index contributed by atoms with van der Waals surface area (Å²) in [6, 6.07) is 5.21. The van der Waals surface area contributed by atoms with Gasteiger partial charge in [0.1, 0.15) is 0 Å². The summed E-state index contributed by atoms with van der Waals surface area (Å²) in [5.74, 6) is -0.447. The average Bonchev–Trinajstić information content (AvgIpc) is 2.18. The number of carbonyl (C=O) groups excluding carboxylic acids is 1. The summed E-state index contributed by atoms with van der Waals surface area (Å²) >= 11 is 0. The van der Waals surface area contributed by atoms with Gasteiger partial charge in [-0.2, -0.15) is 0 Å². The predicted octanol–water partition coefficient (Wildman–Crippen LogP) is 1.72. The van der Waals surface area contributed by atoms with Crippen molar-refractivity contribution in [2.75, 3.05) is 11.1 Å². The summed E-state index contributed by atoms with van der Waals surface area (Å²) in [6.07, 6.45) is 3.40. The van der Waals surface area contributed by atoms with E-state index in [1.165, 1.54) is 6.42 Å². The molecule has 4 nitrogen and oxygen atoms in total. The van der Waals surface area contributed by atoms with Gasteiger partial charge in [0, 0.05) is 5.54 Å². The maximum absolute atomic E-state index is 11.3. The van der Waals surface area contributed by atoms with Gasteiger partial charge in [-0.25, -0.2) is 0 Å². The number of nitrogens with two attached hydrogens (primary N) is 2. The van der Waals surface area contributed by atoms with Crippen LogP contribution in [0.2, 0.25) is 0 Å². The van der Waals surface area contributed by atoms with Crippen molar-refractivity contribution < 1.29 is 4.79 Å². The van der Waals surface area contributed by atoms with Crippen molar-refractivity contribution >= 4 is 17.3 Å². The first-order valence-electron chi connectivity index (χ1n) is 5.48. The third kappa shape index (κ3) is 1.83. The van der Waals surface area contributed by atoms with E-state index in [2.05, 4.69) is 12.2 Å². The minimum Gasteiger partial charge on any atom is -0.397 e. The molecule has 1 aromatic carbocycles. The van der Waals surface area contributed by atoms with Crippen LogP contribution in [0.1, 0.15) is 36.5 Å². The lowest BCUT2D eigenvalue weighted by Gasteiger charge is -2.40. The Labute approximate surface area is 95.0 Å². The van der Waals surface area contributed by atoms with Gasteiger partial charge in [0.2, 0.25) is 0 Å². The molecule has 0 aromatic heterocycles. The zero-order valence-corrected chi connectivity index (χ0v) is 9.42. The van der Waals surface area contributed by atoms with Crippen molar-refractivity contribution in [3.8, 4) is 0 Å². The average molecular weight is 219 g/mol. The van der Waals surface area contributed by atoms with E-state index in [-0.39, 0.29) is 5.54 Å². The Morgan fingerprint density at radius 2 is 2.12 bits per heavy atom. The zero-order chi connectivity index (χ0) is 11.8. The molecule has 1 fully saturated rings. The van der Waals surface area contributed by atoms with Crippen LogP contribution in [0, 0.1) is 0 Å². The molecule has 16 heavy (non-hydrogen) atoms. The number of amides is 1. The quantitative estimate of drug-likeness (QED) is 0.677. The molecule has 0 heterocycles. The smallest absolute Gasteiger partial charge is 0.250 e. The number of para-hydroxylation sites is 1. The van der Waals surface area contributed by atoms with Crippen LogP contribution >= 0.6 is 0 Å². The second-order valence-corrected chi connectivity index (χ2v) is 4.67. The van der Waals surface area contributed by atoms with Crippen LogP contribution in [-0.2, 0) is 0 Å². The lowest BCUT2D eigenvalue weighted by Crippen LogP contribution is -2.42. The fourth-order valence-corrected chi connectivity index (χ4v) is 2.05. The number of primary amides is 1. The molecule has 0 aliphatic heterocycles. The summed E-state index contributed by atoms with van der Waals surface area (Å²) in [4.78, 5) is 11.3. The summed E-state index contributed by atoms with van der Waals surface area (Å²) in [6.45, 7) is 2.13. The van der Waals surface area contributed by atoms with Crippen LogP contribution in [0.25, 0.3) is 0 Å². The first-order valence-corrected chi connectivity index (χ1v) is 5.48. The summed E-state index contributed by atoms with van der Waals surface area (Å²) < 4.78 is 0. The number of nitrogens with one attached hydrogen (secondary N) is 1. The highest BCUT2D eigenvalue weighted by Gasteiger charge is 2.32. The minimum atomic E-state index is -0.447. The van der Waals surface area contributed by atoms with E-state index in [1.54, 1.807) is 18.2 Å². The van der Waals surface area contributed by atoms with Crippen molar-refractivity contribution in [3.63, 3.8) is 0 Å². The van der Waals surface area contributed by atoms with Crippen LogP contribution in [0.3, 0.4) is 0 Å². The van der Waals surface area contributed by atoms with Gasteiger partial charge in [0.05, 0.1) is 16.9 Å². The highest BCUT2D eigenvalue weighted by molar-refractivity contribution is 6.01. The van der Waals surface area contributed by atoms with Crippen LogP contribution in [0.4, 0.5) is 11.4 Å². The Hall–Kier alpha value is -1.71. The maximum Gasteiger partial charge on any atom is 0.250 e. The number of rotatable bonds is 3. The molecule has 0 radical (unpaired) electrons. The Kier molecular flexibility index (Phi) is 2.50. The number of anilines is 2. The molecule has 0 spiro atoms. The van der Waals surface area contributed by atoms with Gasteiger partial charge in [0.15, 0.2) is 0 Å². The molecule has 1 amide bonds. The van der Waals surface area contributed by atoms with E-state index in [1.807, 2.05) is 0 Å². The highest BCUT2D eigenvalue weighted by atomic mass is 16.1. The van der Waals surface area contributed by atoms with Crippen LogP contribution in [-0.4, -0.2) is 11.4 Å². The Balaban J connectivity index is 2.34. The van der Waals surface area contributed by atoms with Gasteiger partial charge in [0.25, 0.3) is 5.91 Å². The van der Waals surface area contributed by atoms with Gasteiger partial charge in [-0.1, -0.05) is 6.07 Å². The normalized spacial score (nSPS) is 17.6. The number of benzene rings is 1. The second kappa shape index (κ2) is 3.70. The second-order valence-electron chi connectivity index (χ2n) is 4.67. The molecule has 1 saturated carbocycles. The van der Waals surface area contributed by atoms with Crippen LogP contribution in [0.15, 0.2) is 18.2 Å². The summed E-state index contributed by atoms with van der Waals surface area (Å²) in [7, 11) is 0. The van der Waals surface area contributed by atoms with E-state index >= 15 is 0 Å². The highest BCUT2D eigenvalue weighted by Crippen LogP contribution is 2.37. The summed E-state index contributed by atoms with van der Waals surface area (Å²) in [5, 5.41) is 3.35. The standard InChI is InChI=1S/C12H17N3O/c1-12(6-3-7-12)15-10-8(11(14)16)4-2-5-9(10)13/h2,4-5,15H,3,6-7,13H2,1H3,(H2,14,16). The topological polar surface area (TPSA) is 81.1 Å². The van der Waals surface area contributed by atoms with E-state index < -0.39 is 5.91 Å². The number of hydrogen-bond donors (Lipinski definition) is 3. The molecule has 2 rings (SSSR count). The fourth-order valence-electron chi connectivity index (χ4n) is 2.05. The van der Waals surface area contributed by atoms with E-state index in [9.17, 15) is 4.79 Å². The molecular weight excluding hydrogens is 202 g/mol. The largest absolute Gasteiger partial charge is 0.397 e. The monoisotopic (exact) mass is 219 g/mol. The lowest BCUT2D eigenvalue weighted by molar-refractivity contribution is 0.100. The van der Waals surface area contributed by atoms with Gasteiger partial charge in [-0.05, 0) is 38.3 Å². The van der Waals surface area contributed by atoms with Crippen LogP contribution < -0.4 is 16.8 Å². The Morgan fingerprint density at radius 1 is 1.44 bits per heavy atom. The molecule has 1 aromatic rings. The lowest BCUT2D eigenvalue weighted by atomic mass is 9.78. The maximum atomic E-state index is 11.3. The molecule has 0 atom stereocenters. The van der Waals surface area contributed by atoms with Crippen LogP contribution in [0.5, 0.6) is 0 Å². The Bertz CT molecular complexity index is 424. The molecule has 0 bridgehead atoms. The number of nitrogen functional groups attached to an aromatic ring is 1. The third-order valence-electron chi connectivity index (χ3n) is 3.25. The van der Waals surface area contributed by atoms with Gasteiger partial charge in [-0.15, -0.1) is 0 Å². The van der Waals surface area contributed by atoms with E-state index in [0.717, 1.165) is 12.8 Å². The molecule has 5 N–H and O–H groups in total. The van der Waals surface area contributed by atoms with E-state index in [4.69, 9.17) is 11.5 Å². The summed E-state index contributed by atoms with van der Waals surface area (Å²) in [5.41, 5.74) is 13.0. The Morgan fingerprint density at radius 3 is 2.62 bits per heavy atom. The molecule has 0 saturated heterocycles. The third-order valence-corrected chi connectivity index (χ3v) is 3.25. The fraction of sp³-hybridized carbons (Fsp3) is 0.417. The number of hydrogen-bond acceptors (Lipinski definition) is 3. The first kappa shape index (κ1) is 10.8. The molecule has 1 aliphatic carbocycles. The number of carbonyl (C=O) groups is 1. The van der Waals surface area contributed by atoms with Gasteiger partial charge < -0.3 is 16.8 Å². The minimum absolute atomic E-state index is 0.0552. The van der Waals surface area contributed by atoms with Gasteiger partial charge >= 0.3 is 0 Å². The SMILES string of the molecule is CC1(Nc2c(N)cccc2C(N)=O)CCC1. The molecule has 86 valence electrons. The van der Waals surface area contributed by atoms with Crippen molar-refractivity contribution in [1.82, 2.24) is 0 Å². The van der Waals surface area contributed by atoms with E-state index in [0.29, 0.717) is 16.9 Å². The molecule has 4 heteroatoms. The predicted molar refractivity (Wildman–Crippen MR) is 65.3 cm³/mol. The van der Waals surface area contributed by atoms with Gasteiger partial charge in [-0.3, -0.25) is 4.79 Å². The van der Waals surface area contributed by atoms with Crippen molar-refractivity contribution in [2.45, 2.75) is 31.7 Å². The molecule has 1 aliphatic rings.